The predicted molar refractivity (Wildman–Crippen MR) is 104 cm³/mol. The molecule has 1 aliphatic carbocycles. The number of benzene rings is 1. The van der Waals surface area contributed by atoms with Crippen molar-refractivity contribution < 1.29 is 4.79 Å². The molecule has 0 aliphatic heterocycles. The molecule has 2 N–H and O–H groups in total. The van der Waals surface area contributed by atoms with Crippen LogP contribution in [0.4, 0.5) is 0 Å². The molecule has 4 rings (SSSR count). The number of pyridine rings is 1. The highest BCUT2D eigenvalue weighted by Crippen LogP contribution is 2.31. The number of aryl methyl sites for hydroxylation is 1. The van der Waals surface area contributed by atoms with Gasteiger partial charge in [-0.1, -0.05) is 31.4 Å². The van der Waals surface area contributed by atoms with E-state index < -0.39 is 0 Å². The molecule has 25 heavy (non-hydrogen) atoms. The average molecular weight is 354 g/mol. The quantitative estimate of drug-likeness (QED) is 0.718. The molecule has 5 heteroatoms. The highest BCUT2D eigenvalue weighted by Gasteiger charge is 2.24. The molecule has 2 atom stereocenters. The number of carbonyl (C=O) groups is 1. The normalized spacial score (nSPS) is 20.9. The first kappa shape index (κ1) is 16.3. The fraction of sp³-hybridized carbons (Fsp3) is 0.400. The summed E-state index contributed by atoms with van der Waals surface area (Å²) in [6, 6.07) is 7.95. The maximum absolute atomic E-state index is 12.7. The van der Waals surface area contributed by atoms with Gasteiger partial charge in [-0.15, -0.1) is 11.3 Å². The van der Waals surface area contributed by atoms with Crippen LogP contribution in [-0.4, -0.2) is 16.9 Å². The molecule has 0 unspecified atom stereocenters. The molecule has 130 valence electrons. The van der Waals surface area contributed by atoms with Gasteiger partial charge in [0.15, 0.2) is 0 Å². The Morgan fingerprint density at radius 3 is 2.80 bits per heavy atom. The van der Waals surface area contributed by atoms with E-state index in [-0.39, 0.29) is 17.5 Å². The highest BCUT2D eigenvalue weighted by atomic mass is 32.1. The first-order chi connectivity index (χ1) is 12.0. The number of rotatable bonds is 2. The topological polar surface area (TPSA) is 62.0 Å². The van der Waals surface area contributed by atoms with Gasteiger partial charge < -0.3 is 10.3 Å². The van der Waals surface area contributed by atoms with Crippen LogP contribution in [0.1, 0.15) is 47.8 Å². The molecule has 1 amide bonds. The Bertz CT molecular complexity index is 1020. The van der Waals surface area contributed by atoms with E-state index in [1.165, 1.54) is 30.6 Å². The SMILES string of the molecule is Cc1ccc2[nH]c(=O)c3cc(C(=O)N[C@@H]4CCCC[C@@H]4C)sc3c2c1. The zero-order valence-corrected chi connectivity index (χ0v) is 15.3. The number of fused-ring (bicyclic) bond motifs is 3. The van der Waals surface area contributed by atoms with Crippen LogP contribution in [-0.2, 0) is 0 Å². The molecule has 0 radical (unpaired) electrons. The zero-order valence-electron chi connectivity index (χ0n) is 14.5. The molecule has 1 fully saturated rings. The van der Waals surface area contributed by atoms with E-state index in [0.29, 0.717) is 16.2 Å². The van der Waals surface area contributed by atoms with Crippen molar-refractivity contribution in [2.45, 2.75) is 45.6 Å². The van der Waals surface area contributed by atoms with Gasteiger partial charge in [0.05, 0.1) is 10.3 Å². The summed E-state index contributed by atoms with van der Waals surface area (Å²) >= 11 is 1.42. The van der Waals surface area contributed by atoms with Gasteiger partial charge in [-0.05, 0) is 43.9 Å². The van der Waals surface area contributed by atoms with Crippen LogP contribution >= 0.6 is 11.3 Å². The third-order valence-corrected chi connectivity index (χ3v) is 6.46. The summed E-state index contributed by atoms with van der Waals surface area (Å²) in [6.45, 7) is 4.23. The van der Waals surface area contributed by atoms with Gasteiger partial charge in [0, 0.05) is 21.6 Å². The number of aromatic amines is 1. The number of thiophene rings is 1. The van der Waals surface area contributed by atoms with Crippen LogP contribution in [0, 0.1) is 12.8 Å². The summed E-state index contributed by atoms with van der Waals surface area (Å²) in [6.07, 6.45) is 4.63. The Labute approximate surface area is 150 Å². The van der Waals surface area contributed by atoms with Crippen molar-refractivity contribution in [2.75, 3.05) is 0 Å². The van der Waals surface area contributed by atoms with Crippen molar-refractivity contribution in [3.63, 3.8) is 0 Å². The van der Waals surface area contributed by atoms with Gasteiger partial charge >= 0.3 is 0 Å². The van der Waals surface area contributed by atoms with Crippen molar-refractivity contribution in [3.8, 4) is 0 Å². The monoisotopic (exact) mass is 354 g/mol. The Hall–Kier alpha value is -2.14. The van der Waals surface area contributed by atoms with Crippen molar-refractivity contribution in [3.05, 3.63) is 45.1 Å². The van der Waals surface area contributed by atoms with Crippen LogP contribution in [0.15, 0.2) is 29.1 Å². The minimum absolute atomic E-state index is 0.0554. The molecule has 0 bridgehead atoms. The van der Waals surface area contributed by atoms with Gasteiger partial charge in [-0.3, -0.25) is 9.59 Å². The Morgan fingerprint density at radius 2 is 2.00 bits per heavy atom. The molecule has 3 aromatic rings. The standard InChI is InChI=1S/C20H22N2O2S/c1-11-7-8-16-13(9-11)18-14(19(23)22-16)10-17(25-18)20(24)21-15-6-4-3-5-12(15)2/h7-10,12,15H,3-6H2,1-2H3,(H,21,24)(H,22,23)/t12-,15+/m0/s1. The highest BCUT2D eigenvalue weighted by molar-refractivity contribution is 7.21. The minimum atomic E-state index is -0.132. The lowest BCUT2D eigenvalue weighted by molar-refractivity contribution is 0.0914. The smallest absolute Gasteiger partial charge is 0.261 e. The molecule has 1 aromatic carbocycles. The maximum atomic E-state index is 12.7. The lowest BCUT2D eigenvalue weighted by atomic mass is 9.86. The molecule has 0 saturated heterocycles. The van der Waals surface area contributed by atoms with Crippen LogP contribution in [0.25, 0.3) is 21.0 Å². The number of aromatic nitrogens is 1. The third kappa shape index (κ3) is 2.97. The summed E-state index contributed by atoms with van der Waals surface area (Å²) in [7, 11) is 0. The zero-order chi connectivity index (χ0) is 17.6. The summed E-state index contributed by atoms with van der Waals surface area (Å²) in [5.41, 5.74) is 1.82. The Morgan fingerprint density at radius 1 is 1.20 bits per heavy atom. The fourth-order valence-electron chi connectivity index (χ4n) is 3.79. The second-order valence-corrected chi connectivity index (χ2v) is 8.25. The van der Waals surface area contributed by atoms with Gasteiger partial charge in [0.1, 0.15) is 0 Å². The lowest BCUT2D eigenvalue weighted by Crippen LogP contribution is -2.40. The number of carbonyl (C=O) groups excluding carboxylic acids is 1. The summed E-state index contributed by atoms with van der Waals surface area (Å²) < 4.78 is 0.893. The molecular formula is C20H22N2O2S. The van der Waals surface area contributed by atoms with Gasteiger partial charge in [0.25, 0.3) is 11.5 Å². The first-order valence-corrected chi connectivity index (χ1v) is 9.71. The number of H-pyrrole nitrogens is 1. The van der Waals surface area contributed by atoms with Gasteiger partial charge in [0.2, 0.25) is 0 Å². The van der Waals surface area contributed by atoms with E-state index in [2.05, 4.69) is 23.3 Å². The van der Waals surface area contributed by atoms with Crippen LogP contribution in [0.5, 0.6) is 0 Å². The van der Waals surface area contributed by atoms with Crippen molar-refractivity contribution in [2.24, 2.45) is 5.92 Å². The molecule has 2 aromatic heterocycles. The average Bonchev–Trinajstić information content (AvgIpc) is 3.04. The van der Waals surface area contributed by atoms with E-state index in [9.17, 15) is 9.59 Å². The first-order valence-electron chi connectivity index (χ1n) is 8.90. The third-order valence-electron chi connectivity index (χ3n) is 5.30. The summed E-state index contributed by atoms with van der Waals surface area (Å²) in [4.78, 5) is 28.6. The van der Waals surface area contributed by atoms with E-state index in [0.717, 1.165) is 27.6 Å². The van der Waals surface area contributed by atoms with Gasteiger partial charge in [-0.25, -0.2) is 0 Å². The number of hydrogen-bond donors (Lipinski definition) is 2. The molecule has 1 aliphatic rings. The predicted octanol–water partition coefficient (Wildman–Crippen LogP) is 4.36. The summed E-state index contributed by atoms with van der Waals surface area (Å²) in [5.74, 6) is 0.458. The number of hydrogen-bond acceptors (Lipinski definition) is 3. The van der Waals surface area contributed by atoms with Crippen molar-refractivity contribution in [1.29, 1.82) is 0 Å². The molecule has 0 spiro atoms. The summed E-state index contributed by atoms with van der Waals surface area (Å²) in [5, 5.41) is 4.79. The van der Waals surface area contributed by atoms with E-state index in [1.54, 1.807) is 6.07 Å². The van der Waals surface area contributed by atoms with Gasteiger partial charge in [-0.2, -0.15) is 0 Å². The molecular weight excluding hydrogens is 332 g/mol. The van der Waals surface area contributed by atoms with E-state index >= 15 is 0 Å². The minimum Gasteiger partial charge on any atom is -0.348 e. The molecule has 4 nitrogen and oxygen atoms in total. The Kier molecular flexibility index (Phi) is 4.12. The van der Waals surface area contributed by atoms with Crippen LogP contribution < -0.4 is 10.9 Å². The Balaban J connectivity index is 1.74. The lowest BCUT2D eigenvalue weighted by Gasteiger charge is -2.29. The second kappa shape index (κ2) is 6.30. The number of amides is 1. The fourth-order valence-corrected chi connectivity index (χ4v) is 4.88. The van der Waals surface area contributed by atoms with E-state index in [1.807, 2.05) is 19.1 Å². The number of nitrogens with one attached hydrogen (secondary N) is 2. The van der Waals surface area contributed by atoms with Crippen molar-refractivity contribution in [1.82, 2.24) is 10.3 Å². The molecule has 1 saturated carbocycles. The largest absolute Gasteiger partial charge is 0.348 e. The van der Waals surface area contributed by atoms with Crippen LogP contribution in [0.3, 0.4) is 0 Å². The molecule has 2 heterocycles. The maximum Gasteiger partial charge on any atom is 0.261 e. The van der Waals surface area contributed by atoms with Crippen molar-refractivity contribution >= 4 is 38.2 Å². The van der Waals surface area contributed by atoms with Crippen LogP contribution in [0.2, 0.25) is 0 Å². The second-order valence-electron chi connectivity index (χ2n) is 7.20. The van der Waals surface area contributed by atoms with E-state index in [4.69, 9.17) is 0 Å².